The minimum atomic E-state index is -4.14. The van der Waals surface area contributed by atoms with Crippen molar-refractivity contribution in [3.05, 3.63) is 58.4 Å². The highest BCUT2D eigenvalue weighted by atomic mass is 35.5. The van der Waals surface area contributed by atoms with Crippen molar-refractivity contribution in [3.8, 4) is 0 Å². The summed E-state index contributed by atoms with van der Waals surface area (Å²) in [5.41, 5.74) is -1.99. The zero-order chi connectivity index (χ0) is 32.1. The van der Waals surface area contributed by atoms with Gasteiger partial charge in [0.2, 0.25) is 5.91 Å². The summed E-state index contributed by atoms with van der Waals surface area (Å²) in [6.45, 7) is -0.483. The van der Waals surface area contributed by atoms with Gasteiger partial charge in [0.05, 0.1) is 34.4 Å². The molecule has 2 unspecified atom stereocenters. The first-order valence-electron chi connectivity index (χ1n) is 13.5. The van der Waals surface area contributed by atoms with E-state index in [9.17, 15) is 45.9 Å². The van der Waals surface area contributed by atoms with E-state index in [0.29, 0.717) is 18.6 Å². The third-order valence-electron chi connectivity index (χ3n) is 8.66. The highest BCUT2D eigenvalue weighted by molar-refractivity contribution is 7.92. The molecule has 1 heterocycles. The second-order valence-corrected chi connectivity index (χ2v) is 13.8. The lowest BCUT2D eigenvalue weighted by Gasteiger charge is -2.58. The number of hydrogen-bond donors (Lipinski definition) is 3. The Labute approximate surface area is 254 Å². The van der Waals surface area contributed by atoms with Crippen LogP contribution in [0.1, 0.15) is 36.0 Å². The van der Waals surface area contributed by atoms with Gasteiger partial charge in [-0.3, -0.25) is 19.3 Å². The highest BCUT2D eigenvalue weighted by Gasteiger charge is 2.60. The lowest BCUT2D eigenvalue weighted by Crippen LogP contribution is -2.66. The van der Waals surface area contributed by atoms with Gasteiger partial charge >= 0.3 is 6.09 Å². The number of carbonyl (C=O) groups is 4. The van der Waals surface area contributed by atoms with Gasteiger partial charge in [-0.2, -0.15) is 0 Å². The molecule has 2 bridgehead atoms. The number of ketones is 1. The predicted octanol–water partition coefficient (Wildman–Crippen LogP) is 2.84. The van der Waals surface area contributed by atoms with Crippen LogP contribution in [0.2, 0.25) is 5.02 Å². The van der Waals surface area contributed by atoms with E-state index in [1.54, 1.807) is 0 Å². The van der Waals surface area contributed by atoms with Gasteiger partial charge in [0.1, 0.15) is 6.04 Å². The van der Waals surface area contributed by atoms with Crippen LogP contribution >= 0.6 is 11.6 Å². The number of carbonyl (C=O) groups excluding carboxylic acids is 4. The monoisotopic (exact) mass is 657 g/mol. The van der Waals surface area contributed by atoms with Gasteiger partial charge < -0.3 is 20.5 Å². The zero-order valence-corrected chi connectivity index (χ0v) is 24.7. The van der Waals surface area contributed by atoms with Crippen LogP contribution in [0.5, 0.6) is 0 Å². The molecule has 0 aromatic heterocycles. The number of hydrogen-bond acceptors (Lipinski definition) is 8. The van der Waals surface area contributed by atoms with Crippen LogP contribution < -0.4 is 10.6 Å². The van der Waals surface area contributed by atoms with Crippen molar-refractivity contribution in [1.82, 2.24) is 10.2 Å². The molecule has 1 saturated heterocycles. The molecule has 236 valence electrons. The average molecular weight is 658 g/mol. The molecular formula is C28H27ClF3N3O8S. The highest BCUT2D eigenvalue weighted by Crippen LogP contribution is 2.55. The van der Waals surface area contributed by atoms with E-state index >= 15 is 0 Å². The number of halogens is 4. The Morgan fingerprint density at radius 3 is 2.34 bits per heavy atom. The molecule has 11 nitrogen and oxygen atoms in total. The Kier molecular flexibility index (Phi) is 8.42. The normalized spacial score (nSPS) is 26.1. The Hall–Kier alpha value is -3.69. The number of fused-ring (bicyclic) bond motifs is 2. The molecule has 3 aliphatic carbocycles. The SMILES string of the molecule is COC(=O)N1CC(=O)C[C@H]1C(=O)NC[C@]1(O)C2CC1C[C@@H](S(=O)(=O)c1cc(C(=O)Nc3cc(F)c(F)c(F)c3)ccc1Cl)C2. The summed E-state index contributed by atoms with van der Waals surface area (Å²) >= 11 is 6.22. The number of benzene rings is 2. The van der Waals surface area contributed by atoms with Crippen LogP contribution in [0.25, 0.3) is 0 Å². The molecule has 3 N–H and O–H groups in total. The Balaban J connectivity index is 1.26. The molecule has 3 saturated carbocycles. The van der Waals surface area contributed by atoms with Crippen molar-refractivity contribution in [1.29, 1.82) is 0 Å². The predicted molar refractivity (Wildman–Crippen MR) is 148 cm³/mol. The molecular weight excluding hydrogens is 631 g/mol. The van der Waals surface area contributed by atoms with Crippen LogP contribution in [0, 0.1) is 29.3 Å². The number of Topliss-reactive ketones (excluding diaryl/α,β-unsaturated/α-hetero) is 1. The first kappa shape index (κ1) is 31.7. The number of methoxy groups -OCH3 is 1. The molecule has 3 atom stereocenters. The van der Waals surface area contributed by atoms with Gasteiger partial charge in [0.25, 0.3) is 5.91 Å². The fourth-order valence-electron chi connectivity index (χ4n) is 6.25. The molecule has 1 aliphatic heterocycles. The molecule has 4 aliphatic rings. The second-order valence-electron chi connectivity index (χ2n) is 11.2. The summed E-state index contributed by atoms with van der Waals surface area (Å²) in [6.07, 6.45) is -0.455. The average Bonchev–Trinajstić information content (AvgIpc) is 3.39. The summed E-state index contributed by atoms with van der Waals surface area (Å²) in [5, 5.41) is 15.0. The Morgan fingerprint density at radius 2 is 1.73 bits per heavy atom. The number of aliphatic hydroxyl groups is 1. The first-order chi connectivity index (χ1) is 20.6. The summed E-state index contributed by atoms with van der Waals surface area (Å²) < 4.78 is 72.3. The molecule has 0 radical (unpaired) electrons. The van der Waals surface area contributed by atoms with Crippen molar-refractivity contribution < 1.29 is 50.6 Å². The van der Waals surface area contributed by atoms with E-state index in [0.717, 1.165) is 18.1 Å². The van der Waals surface area contributed by atoms with Gasteiger partial charge in [-0.15, -0.1) is 0 Å². The first-order valence-corrected chi connectivity index (χ1v) is 15.4. The molecule has 3 amide bonds. The molecule has 16 heteroatoms. The van der Waals surface area contributed by atoms with Crippen molar-refractivity contribution >= 4 is 50.8 Å². The summed E-state index contributed by atoms with van der Waals surface area (Å²) in [4.78, 5) is 50.0. The summed E-state index contributed by atoms with van der Waals surface area (Å²) in [7, 11) is -3.01. The number of anilines is 1. The fourth-order valence-corrected chi connectivity index (χ4v) is 8.65. The molecule has 4 fully saturated rings. The maximum absolute atomic E-state index is 13.7. The van der Waals surface area contributed by atoms with Crippen LogP contribution in [0.3, 0.4) is 0 Å². The van der Waals surface area contributed by atoms with Gasteiger partial charge in [0, 0.05) is 36.3 Å². The molecule has 0 spiro atoms. The van der Waals surface area contributed by atoms with Crippen molar-refractivity contribution in [2.24, 2.45) is 11.8 Å². The smallest absolute Gasteiger partial charge is 0.410 e. The number of nitrogens with one attached hydrogen (secondary N) is 2. The van der Waals surface area contributed by atoms with Crippen LogP contribution in [0.4, 0.5) is 23.7 Å². The minimum Gasteiger partial charge on any atom is -0.453 e. The third-order valence-corrected chi connectivity index (χ3v) is 11.3. The van der Waals surface area contributed by atoms with Crippen molar-refractivity contribution in [2.75, 3.05) is 25.5 Å². The maximum Gasteiger partial charge on any atom is 0.410 e. The third kappa shape index (κ3) is 5.63. The van der Waals surface area contributed by atoms with Gasteiger partial charge in [0.15, 0.2) is 33.1 Å². The van der Waals surface area contributed by atoms with Crippen LogP contribution in [0.15, 0.2) is 35.2 Å². The fraction of sp³-hybridized carbons (Fsp3) is 0.429. The van der Waals surface area contributed by atoms with Crippen LogP contribution in [-0.2, 0) is 24.2 Å². The van der Waals surface area contributed by atoms with Gasteiger partial charge in [-0.05, 0) is 49.3 Å². The van der Waals surface area contributed by atoms with E-state index in [4.69, 9.17) is 11.6 Å². The number of likely N-dealkylation sites (tertiary alicyclic amines) is 1. The quantitative estimate of drug-likeness (QED) is 0.384. The summed E-state index contributed by atoms with van der Waals surface area (Å²) in [6, 6.07) is 3.50. The van der Waals surface area contributed by atoms with E-state index < -0.39 is 73.9 Å². The minimum absolute atomic E-state index is 0.0300. The number of nitrogens with zero attached hydrogens (tertiary/aromatic N) is 1. The van der Waals surface area contributed by atoms with E-state index in [-0.39, 0.29) is 59.3 Å². The zero-order valence-electron chi connectivity index (χ0n) is 23.1. The topological polar surface area (TPSA) is 159 Å². The van der Waals surface area contributed by atoms with E-state index in [1.165, 1.54) is 12.1 Å². The molecule has 44 heavy (non-hydrogen) atoms. The number of sulfone groups is 1. The molecule has 6 rings (SSSR count). The summed E-state index contributed by atoms with van der Waals surface area (Å²) in [5.74, 6) is -7.64. The maximum atomic E-state index is 13.7. The van der Waals surface area contributed by atoms with Crippen LogP contribution in [-0.4, -0.2) is 79.2 Å². The van der Waals surface area contributed by atoms with Crippen molar-refractivity contribution in [2.45, 2.75) is 47.5 Å². The Bertz CT molecular complexity index is 1640. The van der Waals surface area contributed by atoms with Gasteiger partial charge in [-0.1, -0.05) is 11.6 Å². The lowest BCUT2D eigenvalue weighted by molar-refractivity contribution is -0.174. The standard InChI is InChI=1S/C28H27ClF3N3O8S/c1-43-27(39)35-11-17(36)10-22(35)26(38)33-12-28(40)14-5-15(28)7-18(6-14)44(41,42)23-4-13(2-3-19(23)29)25(37)34-16-8-20(30)24(32)21(31)9-16/h2-4,8-9,14-15,18,22,40H,5-7,10-12H2,1H3,(H,33,38)(H,34,37)/t14?,15?,18-,22-,28-/m0/s1. The largest absolute Gasteiger partial charge is 0.453 e. The Morgan fingerprint density at radius 1 is 1.09 bits per heavy atom. The molecule has 2 aromatic carbocycles. The second kappa shape index (κ2) is 11.7. The van der Waals surface area contributed by atoms with E-state index in [1.807, 2.05) is 0 Å². The van der Waals surface area contributed by atoms with Gasteiger partial charge in [-0.25, -0.2) is 26.4 Å². The van der Waals surface area contributed by atoms with E-state index in [2.05, 4.69) is 15.4 Å². The molecule has 2 aromatic rings. The number of ether oxygens (including phenoxy) is 1. The lowest BCUT2D eigenvalue weighted by atomic mass is 9.53. The number of rotatable bonds is 7. The van der Waals surface area contributed by atoms with Crippen molar-refractivity contribution in [3.63, 3.8) is 0 Å². The number of amides is 3.